The lowest BCUT2D eigenvalue weighted by molar-refractivity contribution is -0.148. The van der Waals surface area contributed by atoms with Crippen LogP contribution in [0.1, 0.15) is 39.5 Å². The van der Waals surface area contributed by atoms with E-state index in [1.807, 2.05) is 0 Å². The molecule has 0 bridgehead atoms. The summed E-state index contributed by atoms with van der Waals surface area (Å²) in [6.45, 7) is 6.82. The van der Waals surface area contributed by atoms with E-state index in [9.17, 15) is 19.2 Å². The molecule has 0 aromatic rings. The number of imide groups is 1. The van der Waals surface area contributed by atoms with Crippen LogP contribution in [0.25, 0.3) is 0 Å². The molecule has 1 aliphatic rings. The van der Waals surface area contributed by atoms with E-state index < -0.39 is 24.3 Å². The predicted molar refractivity (Wildman–Crippen MR) is 89.4 cm³/mol. The quantitative estimate of drug-likeness (QED) is 0.522. The van der Waals surface area contributed by atoms with Crippen molar-refractivity contribution in [1.29, 1.82) is 0 Å². The first-order chi connectivity index (χ1) is 11.8. The molecule has 0 aromatic carbocycles. The first-order valence-corrected chi connectivity index (χ1v) is 8.35. The summed E-state index contributed by atoms with van der Waals surface area (Å²) in [6.07, 6.45) is 1.31. The van der Waals surface area contributed by atoms with Gasteiger partial charge in [-0.2, -0.15) is 0 Å². The van der Waals surface area contributed by atoms with Gasteiger partial charge in [-0.05, 0) is 12.5 Å². The molecule has 140 valence electrons. The lowest BCUT2D eigenvalue weighted by Gasteiger charge is -2.28. The third-order valence-electron chi connectivity index (χ3n) is 4.02. The molecule has 2 unspecified atom stereocenters. The number of carbonyl (C=O) groups is 4. The highest BCUT2D eigenvalue weighted by Gasteiger charge is 2.40. The SMILES string of the molecule is C=CC(=O)NC(=O)N(C)C1OC(COC(=O)CC)C[C@H]1CC(=O)CC. The number of nitrogens with zero attached hydrogens (tertiary/aromatic N) is 1. The number of hydrogen-bond donors (Lipinski definition) is 1. The third kappa shape index (κ3) is 6.30. The van der Waals surface area contributed by atoms with Crippen molar-refractivity contribution in [3.8, 4) is 0 Å². The molecular formula is C17H26N2O6. The molecule has 0 spiro atoms. The highest BCUT2D eigenvalue weighted by Crippen LogP contribution is 2.32. The molecule has 0 saturated carbocycles. The van der Waals surface area contributed by atoms with Crippen LogP contribution in [-0.2, 0) is 23.9 Å². The van der Waals surface area contributed by atoms with Gasteiger partial charge in [0, 0.05) is 32.2 Å². The minimum Gasteiger partial charge on any atom is -0.463 e. The maximum Gasteiger partial charge on any atom is 0.326 e. The van der Waals surface area contributed by atoms with Crippen LogP contribution < -0.4 is 5.32 Å². The van der Waals surface area contributed by atoms with Crippen LogP contribution in [0.5, 0.6) is 0 Å². The van der Waals surface area contributed by atoms with Crippen LogP contribution in [0.2, 0.25) is 0 Å². The van der Waals surface area contributed by atoms with Gasteiger partial charge >= 0.3 is 12.0 Å². The average Bonchev–Trinajstić information content (AvgIpc) is 3.00. The van der Waals surface area contributed by atoms with Crippen molar-refractivity contribution in [3.05, 3.63) is 12.7 Å². The monoisotopic (exact) mass is 354 g/mol. The Balaban J connectivity index is 2.77. The van der Waals surface area contributed by atoms with Crippen molar-refractivity contribution in [3.63, 3.8) is 0 Å². The number of ether oxygens (including phenoxy) is 2. The maximum atomic E-state index is 12.1. The molecule has 8 heteroatoms. The zero-order valence-electron chi connectivity index (χ0n) is 14.9. The van der Waals surface area contributed by atoms with Crippen molar-refractivity contribution in [1.82, 2.24) is 10.2 Å². The van der Waals surface area contributed by atoms with Gasteiger partial charge in [0.1, 0.15) is 18.6 Å². The number of esters is 1. The Morgan fingerprint density at radius 3 is 2.52 bits per heavy atom. The molecule has 3 atom stereocenters. The normalized spacial score (nSPS) is 22.1. The molecule has 0 radical (unpaired) electrons. The van der Waals surface area contributed by atoms with Gasteiger partial charge in [-0.1, -0.05) is 20.4 Å². The van der Waals surface area contributed by atoms with E-state index in [1.165, 1.54) is 11.9 Å². The summed E-state index contributed by atoms with van der Waals surface area (Å²) in [6, 6.07) is -0.643. The van der Waals surface area contributed by atoms with E-state index >= 15 is 0 Å². The van der Waals surface area contributed by atoms with Gasteiger partial charge in [0.25, 0.3) is 5.91 Å². The van der Waals surface area contributed by atoms with E-state index in [4.69, 9.17) is 9.47 Å². The van der Waals surface area contributed by atoms with E-state index in [0.29, 0.717) is 12.8 Å². The van der Waals surface area contributed by atoms with Crippen LogP contribution in [0.15, 0.2) is 12.7 Å². The van der Waals surface area contributed by atoms with Gasteiger partial charge in [-0.3, -0.25) is 19.7 Å². The molecule has 1 aliphatic heterocycles. The Morgan fingerprint density at radius 2 is 1.96 bits per heavy atom. The largest absolute Gasteiger partial charge is 0.463 e. The number of hydrogen-bond acceptors (Lipinski definition) is 6. The van der Waals surface area contributed by atoms with E-state index in [-0.39, 0.29) is 37.1 Å². The molecule has 0 aromatic heterocycles. The highest BCUT2D eigenvalue weighted by atomic mass is 16.6. The molecule has 0 aliphatic carbocycles. The number of nitrogens with one attached hydrogen (secondary N) is 1. The Kier molecular flexibility index (Phi) is 8.27. The number of amides is 3. The van der Waals surface area contributed by atoms with Crippen molar-refractivity contribution in [2.24, 2.45) is 5.92 Å². The number of carbonyl (C=O) groups excluding carboxylic acids is 4. The molecule has 1 N–H and O–H groups in total. The second kappa shape index (κ2) is 9.93. The topological polar surface area (TPSA) is 102 Å². The fraction of sp³-hybridized carbons (Fsp3) is 0.647. The second-order valence-electron chi connectivity index (χ2n) is 5.89. The molecule has 1 rings (SSSR count). The van der Waals surface area contributed by atoms with Gasteiger partial charge < -0.3 is 14.4 Å². The van der Waals surface area contributed by atoms with E-state index in [0.717, 1.165) is 6.08 Å². The Labute approximate surface area is 147 Å². The number of rotatable bonds is 8. The fourth-order valence-electron chi connectivity index (χ4n) is 2.60. The van der Waals surface area contributed by atoms with Crippen molar-refractivity contribution >= 4 is 23.7 Å². The summed E-state index contributed by atoms with van der Waals surface area (Å²) < 4.78 is 10.9. The highest BCUT2D eigenvalue weighted by molar-refractivity contribution is 5.99. The molecule has 1 fully saturated rings. The van der Waals surface area contributed by atoms with Gasteiger partial charge in [-0.15, -0.1) is 0 Å². The average molecular weight is 354 g/mol. The van der Waals surface area contributed by atoms with Crippen LogP contribution in [0.4, 0.5) is 4.79 Å². The minimum absolute atomic E-state index is 0.0563. The summed E-state index contributed by atoms with van der Waals surface area (Å²) in [7, 11) is 1.49. The standard InChI is InChI=1S/C17H26N2O6/c1-5-12(20)8-11-9-13(10-24-15(22)7-3)25-16(11)19(4)17(23)18-14(21)6-2/h6,11,13,16H,2,5,7-10H2,1,3-4H3,(H,18,21,23)/t11-,13?,16?/m1/s1. The molecular weight excluding hydrogens is 328 g/mol. The Bertz CT molecular complexity index is 533. The van der Waals surface area contributed by atoms with Crippen molar-refractivity contribution in [2.75, 3.05) is 13.7 Å². The predicted octanol–water partition coefficient (Wildman–Crippen LogP) is 1.39. The molecule has 25 heavy (non-hydrogen) atoms. The van der Waals surface area contributed by atoms with Gasteiger partial charge in [0.15, 0.2) is 0 Å². The molecule has 8 nitrogen and oxygen atoms in total. The second-order valence-corrected chi connectivity index (χ2v) is 5.89. The van der Waals surface area contributed by atoms with Crippen molar-refractivity contribution < 1.29 is 28.7 Å². The first kappa shape index (κ1) is 20.8. The van der Waals surface area contributed by atoms with Crippen LogP contribution in [0.3, 0.4) is 0 Å². The van der Waals surface area contributed by atoms with Gasteiger partial charge in [-0.25, -0.2) is 4.79 Å². The summed E-state index contributed by atoms with van der Waals surface area (Å²) in [5.74, 6) is -1.13. The summed E-state index contributed by atoms with van der Waals surface area (Å²) in [4.78, 5) is 47.8. The van der Waals surface area contributed by atoms with E-state index in [1.54, 1.807) is 13.8 Å². The summed E-state index contributed by atoms with van der Waals surface area (Å²) in [5, 5.41) is 2.15. The van der Waals surface area contributed by atoms with Crippen LogP contribution in [-0.4, -0.2) is 54.6 Å². The minimum atomic E-state index is -0.682. The van der Waals surface area contributed by atoms with E-state index in [2.05, 4.69) is 11.9 Å². The number of urea groups is 1. The van der Waals surface area contributed by atoms with Gasteiger partial charge in [0.05, 0.1) is 6.10 Å². The first-order valence-electron chi connectivity index (χ1n) is 8.35. The summed E-state index contributed by atoms with van der Waals surface area (Å²) in [5.41, 5.74) is 0. The molecule has 1 heterocycles. The third-order valence-corrected chi connectivity index (χ3v) is 4.02. The van der Waals surface area contributed by atoms with Crippen LogP contribution >= 0.6 is 0 Å². The van der Waals surface area contributed by atoms with Gasteiger partial charge in [0.2, 0.25) is 0 Å². The number of Topliss-reactive ketones (excluding diaryl/α,β-unsaturated/α-hetero) is 1. The zero-order valence-corrected chi connectivity index (χ0v) is 14.9. The lowest BCUT2D eigenvalue weighted by atomic mass is 9.95. The number of ketones is 1. The zero-order chi connectivity index (χ0) is 19.0. The van der Waals surface area contributed by atoms with Crippen molar-refractivity contribution in [2.45, 2.75) is 51.9 Å². The smallest absolute Gasteiger partial charge is 0.326 e. The maximum absolute atomic E-state index is 12.1. The molecule has 3 amide bonds. The Morgan fingerprint density at radius 1 is 1.28 bits per heavy atom. The summed E-state index contributed by atoms with van der Waals surface area (Å²) >= 11 is 0. The molecule has 1 saturated heterocycles. The fourth-order valence-corrected chi connectivity index (χ4v) is 2.60. The van der Waals surface area contributed by atoms with Crippen LogP contribution in [0, 0.1) is 5.92 Å². The lowest BCUT2D eigenvalue weighted by Crippen LogP contribution is -2.47. The Hall–Kier alpha value is -2.22.